The fraction of sp³-hybridized carbons (Fsp3) is 0.909. The maximum atomic E-state index is 11.9. The van der Waals surface area contributed by atoms with Crippen LogP contribution in [0.25, 0.3) is 0 Å². The second-order valence-corrected chi connectivity index (χ2v) is 4.53. The molecule has 1 aliphatic rings. The van der Waals surface area contributed by atoms with Gasteiger partial charge in [0.2, 0.25) is 5.91 Å². The summed E-state index contributed by atoms with van der Waals surface area (Å²) in [6.45, 7) is 5.45. The minimum Gasteiger partial charge on any atom is -0.377 e. The van der Waals surface area contributed by atoms with E-state index in [1.807, 2.05) is 18.7 Å². The first-order valence-electron chi connectivity index (χ1n) is 5.62. The van der Waals surface area contributed by atoms with Crippen molar-refractivity contribution < 1.29 is 9.53 Å². The zero-order valence-corrected chi connectivity index (χ0v) is 9.95. The second kappa shape index (κ2) is 4.94. The highest BCUT2D eigenvalue weighted by Crippen LogP contribution is 2.24. The van der Waals surface area contributed by atoms with Crippen molar-refractivity contribution >= 4 is 5.91 Å². The molecule has 0 aromatic rings. The van der Waals surface area contributed by atoms with Gasteiger partial charge in [0, 0.05) is 20.2 Å². The van der Waals surface area contributed by atoms with Gasteiger partial charge in [-0.2, -0.15) is 0 Å². The lowest BCUT2D eigenvalue weighted by molar-refractivity contribution is -0.140. The molecule has 1 unspecified atom stereocenters. The summed E-state index contributed by atoms with van der Waals surface area (Å²) in [5.41, 5.74) is 5.55. The molecule has 1 fully saturated rings. The van der Waals surface area contributed by atoms with Gasteiger partial charge in [-0.05, 0) is 26.2 Å². The molecule has 0 aromatic heterocycles. The lowest BCUT2D eigenvalue weighted by Gasteiger charge is -2.40. The van der Waals surface area contributed by atoms with Crippen molar-refractivity contribution in [3.8, 4) is 0 Å². The third-order valence-corrected chi connectivity index (χ3v) is 3.22. The van der Waals surface area contributed by atoms with Gasteiger partial charge in [0.05, 0.1) is 11.6 Å². The SMILES string of the molecule is CC[C@@H](N)C(=O)N1CCCC(C)(OC)C1. The van der Waals surface area contributed by atoms with Crippen LogP contribution < -0.4 is 5.73 Å². The maximum Gasteiger partial charge on any atom is 0.239 e. The molecule has 2 N–H and O–H groups in total. The molecule has 4 nitrogen and oxygen atoms in total. The van der Waals surface area contributed by atoms with E-state index in [0.717, 1.165) is 19.4 Å². The molecule has 0 aliphatic carbocycles. The van der Waals surface area contributed by atoms with Gasteiger partial charge in [0.15, 0.2) is 0 Å². The van der Waals surface area contributed by atoms with E-state index in [2.05, 4.69) is 0 Å². The van der Waals surface area contributed by atoms with Crippen molar-refractivity contribution in [3.05, 3.63) is 0 Å². The molecular weight excluding hydrogens is 192 g/mol. The summed E-state index contributed by atoms with van der Waals surface area (Å²) in [5.74, 6) is 0.0560. The van der Waals surface area contributed by atoms with Crippen molar-refractivity contribution in [2.75, 3.05) is 20.2 Å². The minimum atomic E-state index is -0.357. The van der Waals surface area contributed by atoms with Crippen LogP contribution in [0.2, 0.25) is 0 Å². The number of piperidine rings is 1. The van der Waals surface area contributed by atoms with Crippen molar-refractivity contribution in [2.24, 2.45) is 5.73 Å². The standard InChI is InChI=1S/C11H22N2O2/c1-4-9(12)10(14)13-7-5-6-11(2,8-13)15-3/h9H,4-8,12H2,1-3H3/t9-,11?/m1/s1. The topological polar surface area (TPSA) is 55.6 Å². The Bertz CT molecular complexity index is 233. The van der Waals surface area contributed by atoms with Crippen LogP contribution in [-0.2, 0) is 9.53 Å². The molecule has 0 spiro atoms. The number of methoxy groups -OCH3 is 1. The van der Waals surface area contributed by atoms with Crippen LogP contribution in [0.4, 0.5) is 0 Å². The molecule has 0 bridgehead atoms. The molecule has 0 aromatic carbocycles. The molecule has 1 amide bonds. The molecule has 1 aliphatic heterocycles. The Kier molecular flexibility index (Phi) is 4.11. The number of carbonyl (C=O) groups excluding carboxylic acids is 1. The van der Waals surface area contributed by atoms with E-state index >= 15 is 0 Å². The van der Waals surface area contributed by atoms with Gasteiger partial charge < -0.3 is 15.4 Å². The fourth-order valence-electron chi connectivity index (χ4n) is 1.97. The summed E-state index contributed by atoms with van der Waals surface area (Å²) in [6, 6.07) is -0.357. The average Bonchev–Trinajstić information content (AvgIpc) is 2.27. The van der Waals surface area contributed by atoms with Crippen molar-refractivity contribution in [3.63, 3.8) is 0 Å². The first-order valence-corrected chi connectivity index (χ1v) is 5.62. The number of ether oxygens (including phenoxy) is 1. The summed E-state index contributed by atoms with van der Waals surface area (Å²) in [6.07, 6.45) is 2.69. The lowest BCUT2D eigenvalue weighted by atomic mass is 9.94. The van der Waals surface area contributed by atoms with E-state index in [1.165, 1.54) is 0 Å². The summed E-state index contributed by atoms with van der Waals surface area (Å²) in [4.78, 5) is 13.7. The first kappa shape index (κ1) is 12.5. The number of carbonyl (C=O) groups is 1. The van der Waals surface area contributed by atoms with Crippen LogP contribution in [0, 0.1) is 0 Å². The van der Waals surface area contributed by atoms with Gasteiger partial charge in [0.1, 0.15) is 0 Å². The zero-order chi connectivity index (χ0) is 11.5. The molecule has 2 atom stereocenters. The fourth-order valence-corrected chi connectivity index (χ4v) is 1.97. The normalized spacial score (nSPS) is 28.9. The largest absolute Gasteiger partial charge is 0.377 e. The summed E-state index contributed by atoms with van der Waals surface area (Å²) < 4.78 is 5.44. The lowest BCUT2D eigenvalue weighted by Crippen LogP contribution is -2.53. The van der Waals surface area contributed by atoms with Crippen molar-refractivity contribution in [1.82, 2.24) is 4.90 Å². The van der Waals surface area contributed by atoms with Gasteiger partial charge in [0.25, 0.3) is 0 Å². The number of hydrogen-bond donors (Lipinski definition) is 1. The molecular formula is C11H22N2O2. The number of amides is 1. The van der Waals surface area contributed by atoms with Gasteiger partial charge in [-0.3, -0.25) is 4.79 Å². The Balaban J connectivity index is 2.60. The minimum absolute atomic E-state index is 0.0560. The predicted octanol–water partition coefficient (Wildman–Crippen LogP) is 0.751. The Morgan fingerprint density at radius 1 is 1.67 bits per heavy atom. The summed E-state index contributed by atoms with van der Waals surface area (Å²) in [7, 11) is 1.70. The third kappa shape index (κ3) is 2.92. The van der Waals surface area contributed by atoms with Crippen LogP contribution in [0.1, 0.15) is 33.1 Å². The van der Waals surface area contributed by atoms with Gasteiger partial charge in [-0.25, -0.2) is 0 Å². The molecule has 88 valence electrons. The Morgan fingerprint density at radius 3 is 2.87 bits per heavy atom. The molecule has 1 rings (SSSR count). The maximum absolute atomic E-state index is 11.9. The van der Waals surface area contributed by atoms with Crippen LogP contribution in [0.5, 0.6) is 0 Å². The van der Waals surface area contributed by atoms with Crippen molar-refractivity contribution in [2.45, 2.75) is 44.8 Å². The molecule has 1 saturated heterocycles. The number of hydrogen-bond acceptors (Lipinski definition) is 3. The molecule has 0 radical (unpaired) electrons. The molecule has 15 heavy (non-hydrogen) atoms. The average molecular weight is 214 g/mol. The second-order valence-electron chi connectivity index (χ2n) is 4.53. The number of nitrogens with zero attached hydrogens (tertiary/aromatic N) is 1. The highest BCUT2D eigenvalue weighted by Gasteiger charge is 2.34. The smallest absolute Gasteiger partial charge is 0.239 e. The van der Waals surface area contributed by atoms with E-state index in [-0.39, 0.29) is 17.6 Å². The molecule has 1 heterocycles. The van der Waals surface area contributed by atoms with Crippen LogP contribution in [-0.4, -0.2) is 42.6 Å². The first-order chi connectivity index (χ1) is 7.02. The zero-order valence-electron chi connectivity index (χ0n) is 9.95. The van der Waals surface area contributed by atoms with Crippen LogP contribution >= 0.6 is 0 Å². The van der Waals surface area contributed by atoms with Gasteiger partial charge in [-0.15, -0.1) is 0 Å². The summed E-state index contributed by atoms with van der Waals surface area (Å²) in [5, 5.41) is 0. The monoisotopic (exact) mass is 214 g/mol. The quantitative estimate of drug-likeness (QED) is 0.754. The predicted molar refractivity (Wildman–Crippen MR) is 59.5 cm³/mol. The van der Waals surface area contributed by atoms with Crippen LogP contribution in [0.3, 0.4) is 0 Å². The van der Waals surface area contributed by atoms with E-state index in [1.54, 1.807) is 7.11 Å². The van der Waals surface area contributed by atoms with E-state index in [4.69, 9.17) is 10.5 Å². The highest BCUT2D eigenvalue weighted by atomic mass is 16.5. The molecule has 4 heteroatoms. The third-order valence-electron chi connectivity index (χ3n) is 3.22. The summed E-state index contributed by atoms with van der Waals surface area (Å²) >= 11 is 0. The number of rotatable bonds is 3. The molecule has 0 saturated carbocycles. The van der Waals surface area contributed by atoms with Gasteiger partial charge >= 0.3 is 0 Å². The highest BCUT2D eigenvalue weighted by molar-refractivity contribution is 5.81. The Hall–Kier alpha value is -0.610. The van der Waals surface area contributed by atoms with Crippen molar-refractivity contribution in [1.29, 1.82) is 0 Å². The number of nitrogens with two attached hydrogens (primary N) is 1. The van der Waals surface area contributed by atoms with E-state index < -0.39 is 0 Å². The Labute approximate surface area is 91.8 Å². The van der Waals surface area contributed by atoms with Crippen LogP contribution in [0.15, 0.2) is 0 Å². The van der Waals surface area contributed by atoms with E-state index in [9.17, 15) is 4.79 Å². The van der Waals surface area contributed by atoms with E-state index in [0.29, 0.717) is 13.0 Å². The van der Waals surface area contributed by atoms with Gasteiger partial charge in [-0.1, -0.05) is 6.92 Å². The number of likely N-dealkylation sites (tertiary alicyclic amines) is 1. The Morgan fingerprint density at radius 2 is 2.33 bits per heavy atom.